The molecule has 0 radical (unpaired) electrons. The van der Waals surface area contributed by atoms with Crippen LogP contribution in [0.3, 0.4) is 0 Å². The minimum Gasteiger partial charge on any atom is -0.341 e. The Labute approximate surface area is 232 Å². The maximum atomic E-state index is 13.7. The summed E-state index contributed by atoms with van der Waals surface area (Å²) >= 11 is 6.11. The van der Waals surface area contributed by atoms with Crippen LogP contribution in [0, 0.1) is 5.92 Å². The maximum absolute atomic E-state index is 13.7. The van der Waals surface area contributed by atoms with Crippen LogP contribution in [0.2, 0.25) is 5.02 Å². The number of nitrogens with zero attached hydrogens (tertiary/aromatic N) is 1. The van der Waals surface area contributed by atoms with Crippen LogP contribution in [0.4, 0.5) is 0 Å². The van der Waals surface area contributed by atoms with E-state index in [1.54, 1.807) is 0 Å². The van der Waals surface area contributed by atoms with Crippen molar-refractivity contribution < 1.29 is 9.59 Å². The number of rotatable bonds is 11. The number of hydrogen-bond acceptors (Lipinski definition) is 3. The number of nitrogens with one attached hydrogen (secondary N) is 1. The van der Waals surface area contributed by atoms with Crippen LogP contribution in [-0.2, 0) is 4.79 Å². The fourth-order valence-corrected chi connectivity index (χ4v) is 5.68. The molecule has 5 heteroatoms. The van der Waals surface area contributed by atoms with Gasteiger partial charge in [0.2, 0.25) is 5.91 Å². The number of hydrogen-bond donors (Lipinski definition) is 1. The molecule has 1 aliphatic heterocycles. The Bertz CT molecular complexity index is 1230. The van der Waals surface area contributed by atoms with E-state index >= 15 is 0 Å². The molecule has 1 saturated heterocycles. The van der Waals surface area contributed by atoms with Gasteiger partial charge in [0.1, 0.15) is 0 Å². The summed E-state index contributed by atoms with van der Waals surface area (Å²) in [6.45, 7) is 8.07. The average Bonchev–Trinajstić information content (AvgIpc) is 3.07. The molecular formula is C33H41ClN2O2. The highest BCUT2D eigenvalue weighted by Crippen LogP contribution is 2.25. The van der Waals surface area contributed by atoms with Crippen LogP contribution in [0.5, 0.6) is 0 Å². The van der Waals surface area contributed by atoms with Gasteiger partial charge >= 0.3 is 0 Å². The minimum absolute atomic E-state index is 0.140. The van der Waals surface area contributed by atoms with Crippen molar-refractivity contribution in [1.29, 1.82) is 0 Å². The van der Waals surface area contributed by atoms with Gasteiger partial charge in [-0.05, 0) is 72.6 Å². The first-order chi connectivity index (χ1) is 18.3. The van der Waals surface area contributed by atoms with E-state index in [1.165, 1.54) is 5.56 Å². The molecule has 3 aromatic rings. The van der Waals surface area contributed by atoms with Crippen LogP contribution in [0.1, 0.15) is 81.1 Å². The van der Waals surface area contributed by atoms with Crippen molar-refractivity contribution >= 4 is 34.1 Å². The van der Waals surface area contributed by atoms with E-state index in [0.717, 1.165) is 61.5 Å². The van der Waals surface area contributed by atoms with Crippen LogP contribution >= 0.6 is 11.6 Å². The fourth-order valence-electron chi connectivity index (χ4n) is 5.50. The number of Topliss-reactive ketones (excluding diaryl/α,β-unsaturated/α-hetero) is 1. The lowest BCUT2D eigenvalue weighted by molar-refractivity contribution is -0.133. The van der Waals surface area contributed by atoms with Crippen LogP contribution in [0.15, 0.2) is 66.7 Å². The van der Waals surface area contributed by atoms with Crippen molar-refractivity contribution in [3.05, 3.63) is 82.9 Å². The van der Waals surface area contributed by atoms with Gasteiger partial charge < -0.3 is 10.2 Å². The van der Waals surface area contributed by atoms with Gasteiger partial charge in [0, 0.05) is 42.1 Å². The second kappa shape index (κ2) is 13.4. The summed E-state index contributed by atoms with van der Waals surface area (Å²) in [5.41, 5.74) is 2.02. The predicted octanol–water partition coefficient (Wildman–Crippen LogP) is 7.65. The van der Waals surface area contributed by atoms with E-state index in [4.69, 9.17) is 11.6 Å². The van der Waals surface area contributed by atoms with E-state index in [9.17, 15) is 9.59 Å². The van der Waals surface area contributed by atoms with Gasteiger partial charge in [0.05, 0.1) is 6.04 Å². The second-order valence-corrected chi connectivity index (χ2v) is 11.6. The van der Waals surface area contributed by atoms with Gasteiger partial charge in [0.15, 0.2) is 5.78 Å². The predicted molar refractivity (Wildman–Crippen MR) is 158 cm³/mol. The zero-order valence-electron chi connectivity index (χ0n) is 23.0. The summed E-state index contributed by atoms with van der Waals surface area (Å²) in [6.07, 6.45) is 4.87. The van der Waals surface area contributed by atoms with Crippen LogP contribution < -0.4 is 5.32 Å². The molecular weight excluding hydrogens is 492 g/mol. The molecule has 38 heavy (non-hydrogen) atoms. The Morgan fingerprint density at radius 1 is 1.03 bits per heavy atom. The summed E-state index contributed by atoms with van der Waals surface area (Å²) in [5, 5.41) is 6.42. The normalized spacial score (nSPS) is 19.1. The first-order valence-electron chi connectivity index (χ1n) is 14.2. The molecule has 4 nitrogen and oxygen atoms in total. The average molecular weight is 533 g/mol. The molecule has 0 spiro atoms. The lowest BCUT2D eigenvalue weighted by Gasteiger charge is -2.29. The van der Waals surface area contributed by atoms with E-state index in [-0.39, 0.29) is 23.8 Å². The molecule has 202 valence electrons. The van der Waals surface area contributed by atoms with Gasteiger partial charge in [-0.3, -0.25) is 9.59 Å². The first kappa shape index (κ1) is 28.3. The summed E-state index contributed by atoms with van der Waals surface area (Å²) < 4.78 is 0. The Morgan fingerprint density at radius 2 is 1.76 bits per heavy atom. The number of amides is 1. The second-order valence-electron chi connectivity index (χ2n) is 11.1. The zero-order chi connectivity index (χ0) is 27.1. The number of benzene rings is 3. The van der Waals surface area contributed by atoms with Crippen LogP contribution in [0.25, 0.3) is 10.8 Å². The van der Waals surface area contributed by atoms with Gasteiger partial charge in [0.25, 0.3) is 0 Å². The lowest BCUT2D eigenvalue weighted by atomic mass is 9.95. The first-order valence-corrected chi connectivity index (χ1v) is 14.5. The lowest BCUT2D eigenvalue weighted by Crippen LogP contribution is -2.46. The molecule has 4 rings (SSSR count). The van der Waals surface area contributed by atoms with E-state index in [2.05, 4.69) is 55.3 Å². The molecule has 3 atom stereocenters. The molecule has 3 aromatic carbocycles. The molecule has 1 aliphatic rings. The third kappa shape index (κ3) is 7.45. The summed E-state index contributed by atoms with van der Waals surface area (Å²) in [7, 11) is 0. The minimum atomic E-state index is -0.196. The topological polar surface area (TPSA) is 49.4 Å². The summed E-state index contributed by atoms with van der Waals surface area (Å²) in [6, 6.07) is 22.0. The number of carbonyl (C=O) groups excluding carboxylic acids is 2. The maximum Gasteiger partial charge on any atom is 0.239 e. The van der Waals surface area contributed by atoms with Crippen molar-refractivity contribution in [2.45, 2.75) is 77.3 Å². The standard InChI is InChI=1S/C33H41ClN2O2/c1-4-24(25-8-6-5-7-9-25)22-36-19-18-30(35-31(33(36)38)16-10-23(2)3)15-17-32(37)28-12-11-27-21-29(34)14-13-26(27)20-28/h5-9,11-14,20-21,23-24,30-31,35H,4,10,15-19,22H2,1-3H3/t24-,30-,31+/m1/s1. The van der Waals surface area contributed by atoms with Gasteiger partial charge in [-0.25, -0.2) is 0 Å². The monoisotopic (exact) mass is 532 g/mol. The molecule has 0 aromatic heterocycles. The summed E-state index contributed by atoms with van der Waals surface area (Å²) in [4.78, 5) is 28.9. The quantitative estimate of drug-likeness (QED) is 0.258. The third-order valence-corrected chi connectivity index (χ3v) is 8.11. The molecule has 0 unspecified atom stereocenters. The Hall–Kier alpha value is -2.69. The molecule has 0 saturated carbocycles. The Balaban J connectivity index is 1.43. The SMILES string of the molecule is CC[C@H](CN1CC[C@@H](CCC(=O)c2ccc3cc(Cl)ccc3c2)N[C@@H](CCC(C)C)C1=O)c1ccccc1. The smallest absolute Gasteiger partial charge is 0.239 e. The van der Waals surface area contributed by atoms with Gasteiger partial charge in [-0.15, -0.1) is 0 Å². The van der Waals surface area contributed by atoms with Crippen molar-refractivity contribution in [2.24, 2.45) is 5.92 Å². The number of halogens is 1. The number of ketones is 1. The highest BCUT2D eigenvalue weighted by molar-refractivity contribution is 6.31. The molecule has 0 bridgehead atoms. The molecule has 1 amide bonds. The zero-order valence-corrected chi connectivity index (χ0v) is 23.7. The Kier molecular flexibility index (Phi) is 9.98. The van der Waals surface area contributed by atoms with E-state index < -0.39 is 0 Å². The van der Waals surface area contributed by atoms with Crippen molar-refractivity contribution in [3.8, 4) is 0 Å². The molecule has 0 aliphatic carbocycles. The number of carbonyl (C=O) groups is 2. The van der Waals surface area contributed by atoms with E-state index in [1.807, 2.05) is 42.5 Å². The van der Waals surface area contributed by atoms with Crippen molar-refractivity contribution in [1.82, 2.24) is 10.2 Å². The largest absolute Gasteiger partial charge is 0.341 e. The molecule has 1 N–H and O–H groups in total. The molecule has 1 heterocycles. The highest BCUT2D eigenvalue weighted by atomic mass is 35.5. The van der Waals surface area contributed by atoms with E-state index in [0.29, 0.717) is 23.3 Å². The van der Waals surface area contributed by atoms with Gasteiger partial charge in [-0.1, -0.05) is 80.9 Å². The van der Waals surface area contributed by atoms with Crippen molar-refractivity contribution in [2.75, 3.05) is 13.1 Å². The third-order valence-electron chi connectivity index (χ3n) is 7.88. The highest BCUT2D eigenvalue weighted by Gasteiger charge is 2.32. The number of fused-ring (bicyclic) bond motifs is 1. The fraction of sp³-hybridized carbons (Fsp3) is 0.455. The molecule has 1 fully saturated rings. The Morgan fingerprint density at radius 3 is 2.50 bits per heavy atom. The summed E-state index contributed by atoms with van der Waals surface area (Å²) in [5.74, 6) is 1.22. The van der Waals surface area contributed by atoms with Crippen molar-refractivity contribution in [3.63, 3.8) is 0 Å². The van der Waals surface area contributed by atoms with Crippen LogP contribution in [-0.4, -0.2) is 41.8 Å². The van der Waals surface area contributed by atoms with Gasteiger partial charge in [-0.2, -0.15) is 0 Å².